The standard InChI is InChI=1S/C75H145N2O6P/c1-6-8-10-12-14-16-18-20-22-24-26-28-29-30-31-32-33-34-35-36-37-38-39-40-41-42-43-44-45-46-47-49-51-53-55-57-59-61-63-65-67-69-75(79)76-73(72-83-84(80,81)82-71-70-77(3,4)5)74(78)68-66-64-62-60-58-56-54-52-50-48-27-25-23-21-19-17-15-13-11-9-7-2/h18,20,24,26,58,60,66,68,73-74,78H,6-17,19,21-23,25,27-57,59,61-65,67,69-72H2,1-5H3,(H-,76,79,80,81)/b20-18-,26-24-,60-58+,68-66+. The third-order valence-electron chi connectivity index (χ3n) is 17.0. The molecule has 0 heterocycles. The Morgan fingerprint density at radius 1 is 0.417 bits per heavy atom. The smallest absolute Gasteiger partial charge is 0.268 e. The molecule has 0 aromatic rings. The number of carbonyl (C=O) groups excluding carboxylic acids is 1. The van der Waals surface area contributed by atoms with E-state index in [1.165, 1.54) is 308 Å². The highest BCUT2D eigenvalue weighted by Gasteiger charge is 2.23. The molecule has 1 amide bonds. The molecule has 8 nitrogen and oxygen atoms in total. The van der Waals surface area contributed by atoms with Crippen molar-refractivity contribution in [2.24, 2.45) is 0 Å². The minimum absolute atomic E-state index is 0.00459. The predicted octanol–water partition coefficient (Wildman–Crippen LogP) is 23.2. The molecular weight excluding hydrogens is 1060 g/mol. The second kappa shape index (κ2) is 65.9. The van der Waals surface area contributed by atoms with Gasteiger partial charge in [-0.1, -0.05) is 351 Å². The lowest BCUT2D eigenvalue weighted by Crippen LogP contribution is -2.45. The zero-order valence-electron chi connectivity index (χ0n) is 56.9. The van der Waals surface area contributed by atoms with Crippen LogP contribution in [0, 0.1) is 0 Å². The number of nitrogens with zero attached hydrogens (tertiary/aromatic N) is 1. The molecule has 0 aliphatic carbocycles. The summed E-state index contributed by atoms with van der Waals surface area (Å²) in [5.74, 6) is -0.200. The van der Waals surface area contributed by atoms with E-state index in [0.717, 1.165) is 44.9 Å². The maximum atomic E-state index is 13.0. The number of carbonyl (C=O) groups is 1. The Morgan fingerprint density at radius 2 is 0.702 bits per heavy atom. The molecule has 0 rings (SSSR count). The molecule has 0 bridgehead atoms. The highest BCUT2D eigenvalue weighted by atomic mass is 31.2. The van der Waals surface area contributed by atoms with E-state index in [1.54, 1.807) is 6.08 Å². The number of quaternary nitrogens is 1. The van der Waals surface area contributed by atoms with E-state index in [0.29, 0.717) is 17.4 Å². The van der Waals surface area contributed by atoms with Crippen LogP contribution in [0.15, 0.2) is 48.6 Å². The van der Waals surface area contributed by atoms with Gasteiger partial charge in [-0.3, -0.25) is 9.36 Å². The normalized spacial score (nSPS) is 13.8. The summed E-state index contributed by atoms with van der Waals surface area (Å²) in [6.07, 6.45) is 89.8. The lowest BCUT2D eigenvalue weighted by molar-refractivity contribution is -0.870. The largest absolute Gasteiger partial charge is 0.756 e. The number of likely N-dealkylation sites (N-methyl/N-ethyl adjacent to an activating group) is 1. The Labute approximate surface area is 524 Å². The SMILES string of the molecule is CCCCCCC/C=C\C/C=C\CCCCCCCCCCCCCCCCCCCCCCCCCCCCCCCC(=O)NC(COP(=O)([O-])OCC[N+](C)(C)C)C(O)/C=C/CC/C=C/CCCCCCCCCCCCCCCCC. The van der Waals surface area contributed by atoms with Gasteiger partial charge in [-0.2, -0.15) is 0 Å². The molecule has 0 aliphatic rings. The van der Waals surface area contributed by atoms with Gasteiger partial charge in [0.05, 0.1) is 39.9 Å². The van der Waals surface area contributed by atoms with Crippen molar-refractivity contribution in [2.75, 3.05) is 40.9 Å². The third-order valence-corrected chi connectivity index (χ3v) is 18.0. The Morgan fingerprint density at radius 3 is 1.04 bits per heavy atom. The van der Waals surface area contributed by atoms with Crippen LogP contribution in [0.25, 0.3) is 0 Å². The highest BCUT2D eigenvalue weighted by Crippen LogP contribution is 2.38. The quantitative estimate of drug-likeness (QED) is 0.0272. The number of unbranched alkanes of at least 4 members (excludes halogenated alkanes) is 50. The van der Waals surface area contributed by atoms with Gasteiger partial charge in [0.25, 0.3) is 7.82 Å². The number of aliphatic hydroxyl groups excluding tert-OH is 1. The van der Waals surface area contributed by atoms with Crippen molar-refractivity contribution in [1.29, 1.82) is 0 Å². The van der Waals surface area contributed by atoms with Crippen LogP contribution in [0.2, 0.25) is 0 Å². The van der Waals surface area contributed by atoms with E-state index in [1.807, 2.05) is 27.2 Å². The Bertz CT molecular complexity index is 1510. The van der Waals surface area contributed by atoms with Crippen LogP contribution in [-0.4, -0.2) is 68.5 Å². The van der Waals surface area contributed by atoms with Gasteiger partial charge >= 0.3 is 0 Å². The summed E-state index contributed by atoms with van der Waals surface area (Å²) in [5, 5.41) is 13.9. The molecule has 84 heavy (non-hydrogen) atoms. The topological polar surface area (TPSA) is 108 Å². The van der Waals surface area contributed by atoms with Gasteiger partial charge in [-0.25, -0.2) is 0 Å². The van der Waals surface area contributed by atoms with Crippen molar-refractivity contribution in [2.45, 2.75) is 386 Å². The van der Waals surface area contributed by atoms with Crippen LogP contribution in [0.5, 0.6) is 0 Å². The lowest BCUT2D eigenvalue weighted by atomic mass is 10.0. The first-order valence-electron chi connectivity index (χ1n) is 37.0. The predicted molar refractivity (Wildman–Crippen MR) is 367 cm³/mol. The fourth-order valence-electron chi connectivity index (χ4n) is 11.3. The van der Waals surface area contributed by atoms with Gasteiger partial charge in [0.2, 0.25) is 5.91 Å². The molecular formula is C75H145N2O6P. The number of phosphoric ester groups is 1. The molecule has 9 heteroatoms. The van der Waals surface area contributed by atoms with Crippen LogP contribution in [0.3, 0.4) is 0 Å². The van der Waals surface area contributed by atoms with Gasteiger partial charge < -0.3 is 28.8 Å². The average molecular weight is 1200 g/mol. The fourth-order valence-corrected chi connectivity index (χ4v) is 12.0. The zero-order chi connectivity index (χ0) is 61.2. The molecule has 0 saturated carbocycles. The van der Waals surface area contributed by atoms with E-state index in [9.17, 15) is 19.4 Å². The molecule has 0 fully saturated rings. The number of aliphatic hydroxyl groups is 1. The van der Waals surface area contributed by atoms with E-state index in [2.05, 4.69) is 55.6 Å². The zero-order valence-corrected chi connectivity index (χ0v) is 57.8. The molecule has 0 radical (unpaired) electrons. The Kier molecular flexibility index (Phi) is 64.7. The average Bonchev–Trinajstić information content (AvgIpc) is 3.56. The molecule has 0 aliphatic heterocycles. The fraction of sp³-hybridized carbons (Fsp3) is 0.880. The molecule has 0 saturated heterocycles. The minimum Gasteiger partial charge on any atom is -0.756 e. The first-order valence-corrected chi connectivity index (χ1v) is 38.5. The number of amides is 1. The molecule has 3 atom stereocenters. The van der Waals surface area contributed by atoms with Crippen molar-refractivity contribution in [3.05, 3.63) is 48.6 Å². The summed E-state index contributed by atoms with van der Waals surface area (Å²) in [6, 6.07) is -0.903. The Balaban J connectivity index is 3.92. The molecule has 3 unspecified atom stereocenters. The monoisotopic (exact) mass is 1200 g/mol. The van der Waals surface area contributed by atoms with Gasteiger partial charge in [0.15, 0.2) is 0 Å². The number of allylic oxidation sites excluding steroid dienone is 7. The molecule has 496 valence electrons. The lowest BCUT2D eigenvalue weighted by Gasteiger charge is -2.29. The summed E-state index contributed by atoms with van der Waals surface area (Å²) in [7, 11) is 1.26. The van der Waals surface area contributed by atoms with Crippen molar-refractivity contribution >= 4 is 13.7 Å². The number of phosphoric acid groups is 1. The molecule has 2 N–H and O–H groups in total. The van der Waals surface area contributed by atoms with Gasteiger partial charge in [-0.15, -0.1) is 0 Å². The minimum atomic E-state index is -4.61. The van der Waals surface area contributed by atoms with E-state index in [-0.39, 0.29) is 19.1 Å². The van der Waals surface area contributed by atoms with Crippen LogP contribution in [0.4, 0.5) is 0 Å². The first kappa shape index (κ1) is 82.5. The van der Waals surface area contributed by atoms with E-state index in [4.69, 9.17) is 9.05 Å². The number of rotatable bonds is 69. The molecule has 0 aromatic carbocycles. The maximum Gasteiger partial charge on any atom is 0.268 e. The van der Waals surface area contributed by atoms with E-state index >= 15 is 0 Å². The maximum absolute atomic E-state index is 13.0. The summed E-state index contributed by atoms with van der Waals surface area (Å²) < 4.78 is 23.4. The van der Waals surface area contributed by atoms with Gasteiger partial charge in [-0.05, 0) is 64.2 Å². The van der Waals surface area contributed by atoms with Crippen LogP contribution >= 0.6 is 7.82 Å². The van der Waals surface area contributed by atoms with Crippen LogP contribution in [-0.2, 0) is 18.4 Å². The van der Waals surface area contributed by atoms with Gasteiger partial charge in [0.1, 0.15) is 13.2 Å². The van der Waals surface area contributed by atoms with Crippen LogP contribution in [0.1, 0.15) is 373 Å². The molecule has 0 spiro atoms. The second-order valence-corrected chi connectivity index (χ2v) is 28.1. The van der Waals surface area contributed by atoms with Crippen molar-refractivity contribution in [3.8, 4) is 0 Å². The van der Waals surface area contributed by atoms with Crippen molar-refractivity contribution < 1.29 is 32.9 Å². The first-order chi connectivity index (χ1) is 41.0. The third kappa shape index (κ3) is 68.0. The van der Waals surface area contributed by atoms with Crippen LogP contribution < -0.4 is 10.2 Å². The number of hydrogen-bond acceptors (Lipinski definition) is 6. The van der Waals surface area contributed by atoms with Gasteiger partial charge in [0, 0.05) is 6.42 Å². The summed E-state index contributed by atoms with van der Waals surface area (Å²) in [4.78, 5) is 25.6. The van der Waals surface area contributed by atoms with Crippen molar-refractivity contribution in [1.82, 2.24) is 5.32 Å². The summed E-state index contributed by atoms with van der Waals surface area (Å²) in [5.41, 5.74) is 0. The summed E-state index contributed by atoms with van der Waals surface area (Å²) in [6.45, 7) is 4.67. The molecule has 0 aromatic heterocycles. The number of hydrogen-bond donors (Lipinski definition) is 2. The van der Waals surface area contributed by atoms with E-state index < -0.39 is 20.0 Å². The Hall–Kier alpha value is -1.54. The number of nitrogens with one attached hydrogen (secondary N) is 1. The second-order valence-electron chi connectivity index (χ2n) is 26.6. The summed E-state index contributed by atoms with van der Waals surface area (Å²) >= 11 is 0. The van der Waals surface area contributed by atoms with Crippen molar-refractivity contribution in [3.63, 3.8) is 0 Å². The highest BCUT2D eigenvalue weighted by molar-refractivity contribution is 7.45.